The molecule has 0 spiro atoms. The van der Waals surface area contributed by atoms with Crippen molar-refractivity contribution in [3.8, 4) is 0 Å². The molecule has 2 saturated carbocycles. The number of nitrogens with zero attached hydrogens (tertiary/aromatic N) is 1. The smallest absolute Gasteiger partial charge is 0.254 e. The molecule has 7 heteroatoms. The van der Waals surface area contributed by atoms with Crippen LogP contribution in [-0.2, 0) is 21.2 Å². The van der Waals surface area contributed by atoms with Gasteiger partial charge in [-0.25, -0.2) is 13.1 Å². The number of hydrogen-bond acceptors (Lipinski definition) is 4. The van der Waals surface area contributed by atoms with Crippen molar-refractivity contribution >= 4 is 10.0 Å². The maximum atomic E-state index is 12.9. The molecular formula is C22H34N2O4S. The van der Waals surface area contributed by atoms with Gasteiger partial charge < -0.3 is 9.30 Å². The van der Waals surface area contributed by atoms with Crippen LogP contribution in [0.2, 0.25) is 0 Å². The second-order valence-corrected chi connectivity index (χ2v) is 11.3. The SMILES string of the molecule is Cc1ccc2n(c1=O)C(COC1CCC(C3C[C@@H]3C)CC1)C(NS(C)(=O)=O)CC2. The fourth-order valence-corrected chi connectivity index (χ4v) is 6.29. The summed E-state index contributed by atoms with van der Waals surface area (Å²) in [4.78, 5) is 12.9. The van der Waals surface area contributed by atoms with Gasteiger partial charge in [0.2, 0.25) is 10.0 Å². The third kappa shape index (κ3) is 4.78. The molecule has 2 aliphatic carbocycles. The number of sulfonamides is 1. The fraction of sp³-hybridized carbons (Fsp3) is 0.773. The second kappa shape index (κ2) is 8.16. The van der Waals surface area contributed by atoms with E-state index in [1.165, 1.54) is 25.5 Å². The molecule has 0 amide bonds. The topological polar surface area (TPSA) is 77.4 Å². The van der Waals surface area contributed by atoms with E-state index in [4.69, 9.17) is 4.74 Å². The van der Waals surface area contributed by atoms with Gasteiger partial charge in [0, 0.05) is 17.3 Å². The van der Waals surface area contributed by atoms with Crippen molar-refractivity contribution in [2.24, 2.45) is 17.8 Å². The molecule has 3 unspecified atom stereocenters. The van der Waals surface area contributed by atoms with E-state index >= 15 is 0 Å². The predicted octanol–water partition coefficient (Wildman–Crippen LogP) is 2.79. The van der Waals surface area contributed by atoms with Crippen LogP contribution in [0, 0.1) is 24.7 Å². The van der Waals surface area contributed by atoms with Gasteiger partial charge in [-0.05, 0) is 75.7 Å². The standard InChI is InChI=1S/C22H34N2O4S/c1-14-4-7-17-8-11-20(23-29(3,26)27)21(24(17)22(14)25)13-28-18-9-5-16(6-10-18)19-12-15(19)2/h4,7,15-16,18-21,23H,5-6,8-13H2,1-3H3/t15-,16?,18?,19?,20?,21?/m0/s1. The lowest BCUT2D eigenvalue weighted by atomic mass is 9.83. The summed E-state index contributed by atoms with van der Waals surface area (Å²) in [6.07, 6.45) is 8.73. The van der Waals surface area contributed by atoms with Gasteiger partial charge in [0.15, 0.2) is 0 Å². The maximum Gasteiger partial charge on any atom is 0.254 e. The van der Waals surface area contributed by atoms with E-state index in [0.717, 1.165) is 36.3 Å². The van der Waals surface area contributed by atoms with Crippen LogP contribution < -0.4 is 10.3 Å². The number of pyridine rings is 1. The summed E-state index contributed by atoms with van der Waals surface area (Å²) in [7, 11) is -3.36. The zero-order chi connectivity index (χ0) is 20.8. The van der Waals surface area contributed by atoms with Crippen molar-refractivity contribution in [2.75, 3.05) is 12.9 Å². The number of rotatable bonds is 6. The Bertz CT molecular complexity index is 902. The molecule has 6 nitrogen and oxygen atoms in total. The van der Waals surface area contributed by atoms with Crippen molar-refractivity contribution < 1.29 is 13.2 Å². The highest BCUT2D eigenvalue weighted by molar-refractivity contribution is 7.88. The predicted molar refractivity (Wildman–Crippen MR) is 114 cm³/mol. The Morgan fingerprint density at radius 1 is 1.17 bits per heavy atom. The van der Waals surface area contributed by atoms with Crippen molar-refractivity contribution in [3.05, 3.63) is 33.7 Å². The normalized spacial score (nSPS) is 34.6. The first-order chi connectivity index (χ1) is 13.7. The molecule has 0 bridgehead atoms. The summed E-state index contributed by atoms with van der Waals surface area (Å²) in [5.74, 6) is 2.67. The summed E-state index contributed by atoms with van der Waals surface area (Å²) < 4.78 is 34.6. The van der Waals surface area contributed by atoms with Gasteiger partial charge in [0.25, 0.3) is 5.56 Å². The van der Waals surface area contributed by atoms with Crippen molar-refractivity contribution in [3.63, 3.8) is 0 Å². The number of nitrogens with one attached hydrogen (secondary N) is 1. The van der Waals surface area contributed by atoms with Crippen LogP contribution in [0.5, 0.6) is 0 Å². The molecule has 4 atom stereocenters. The minimum Gasteiger partial charge on any atom is -0.376 e. The van der Waals surface area contributed by atoms with Gasteiger partial charge in [-0.3, -0.25) is 4.79 Å². The molecule has 1 aromatic rings. The minimum atomic E-state index is -3.36. The Morgan fingerprint density at radius 3 is 2.48 bits per heavy atom. The molecule has 0 radical (unpaired) electrons. The average Bonchev–Trinajstić information content (AvgIpc) is 3.40. The van der Waals surface area contributed by atoms with E-state index in [1.807, 2.05) is 12.1 Å². The van der Waals surface area contributed by atoms with Crippen molar-refractivity contribution in [1.82, 2.24) is 9.29 Å². The molecule has 1 aromatic heterocycles. The summed E-state index contributed by atoms with van der Waals surface area (Å²) in [6.45, 7) is 4.53. The number of fused-ring (bicyclic) bond motifs is 1. The van der Waals surface area contributed by atoms with Gasteiger partial charge in [-0.2, -0.15) is 0 Å². The number of ether oxygens (including phenoxy) is 1. The van der Waals surface area contributed by atoms with Crippen LogP contribution >= 0.6 is 0 Å². The second-order valence-electron chi connectivity index (χ2n) is 9.53. The molecule has 162 valence electrons. The Balaban J connectivity index is 1.47. The highest BCUT2D eigenvalue weighted by Gasteiger charge is 2.41. The lowest BCUT2D eigenvalue weighted by Crippen LogP contribution is -2.49. The molecular weight excluding hydrogens is 388 g/mol. The molecule has 4 rings (SSSR count). The van der Waals surface area contributed by atoms with Gasteiger partial charge in [0.05, 0.1) is 25.0 Å². The zero-order valence-electron chi connectivity index (χ0n) is 17.8. The maximum absolute atomic E-state index is 12.9. The van der Waals surface area contributed by atoms with E-state index in [-0.39, 0.29) is 23.7 Å². The molecule has 2 heterocycles. The summed E-state index contributed by atoms with van der Waals surface area (Å²) >= 11 is 0. The molecule has 3 aliphatic rings. The Morgan fingerprint density at radius 2 is 1.86 bits per heavy atom. The first-order valence-electron chi connectivity index (χ1n) is 11.0. The minimum absolute atomic E-state index is 0.0393. The number of aryl methyl sites for hydroxylation is 2. The highest BCUT2D eigenvalue weighted by atomic mass is 32.2. The van der Waals surface area contributed by atoms with E-state index in [1.54, 1.807) is 11.5 Å². The van der Waals surface area contributed by atoms with Crippen LogP contribution in [0.25, 0.3) is 0 Å². The largest absolute Gasteiger partial charge is 0.376 e. The third-order valence-electron chi connectivity index (χ3n) is 7.26. The monoisotopic (exact) mass is 422 g/mol. The molecule has 1 N–H and O–H groups in total. The van der Waals surface area contributed by atoms with E-state index in [0.29, 0.717) is 25.0 Å². The van der Waals surface area contributed by atoms with E-state index in [2.05, 4.69) is 11.6 Å². The van der Waals surface area contributed by atoms with Crippen molar-refractivity contribution in [2.45, 2.75) is 77.0 Å². The van der Waals surface area contributed by atoms with Gasteiger partial charge in [-0.1, -0.05) is 13.0 Å². The Labute approximate surface area is 174 Å². The average molecular weight is 423 g/mol. The van der Waals surface area contributed by atoms with E-state index < -0.39 is 10.0 Å². The summed E-state index contributed by atoms with van der Waals surface area (Å²) in [5, 5.41) is 0. The van der Waals surface area contributed by atoms with Crippen LogP contribution in [0.1, 0.15) is 62.7 Å². The van der Waals surface area contributed by atoms with Gasteiger partial charge in [0.1, 0.15) is 0 Å². The first-order valence-corrected chi connectivity index (χ1v) is 12.9. The van der Waals surface area contributed by atoms with Gasteiger partial charge in [-0.15, -0.1) is 0 Å². The van der Waals surface area contributed by atoms with Gasteiger partial charge >= 0.3 is 0 Å². The Kier molecular flexibility index (Phi) is 5.93. The van der Waals surface area contributed by atoms with E-state index in [9.17, 15) is 13.2 Å². The number of hydrogen-bond donors (Lipinski definition) is 1. The molecule has 2 fully saturated rings. The first kappa shape index (κ1) is 21.1. The highest BCUT2D eigenvalue weighted by Crippen LogP contribution is 2.49. The molecule has 0 aromatic carbocycles. The fourth-order valence-electron chi connectivity index (χ4n) is 5.47. The van der Waals surface area contributed by atoms with Crippen LogP contribution in [0.15, 0.2) is 16.9 Å². The summed E-state index contributed by atoms with van der Waals surface area (Å²) in [5.41, 5.74) is 1.60. The lowest BCUT2D eigenvalue weighted by molar-refractivity contribution is -0.00874. The van der Waals surface area contributed by atoms with Crippen LogP contribution in [0.4, 0.5) is 0 Å². The molecule has 29 heavy (non-hydrogen) atoms. The molecule has 0 saturated heterocycles. The summed E-state index contributed by atoms with van der Waals surface area (Å²) in [6, 6.07) is 3.22. The molecule has 1 aliphatic heterocycles. The lowest BCUT2D eigenvalue weighted by Gasteiger charge is -2.37. The quantitative estimate of drug-likeness (QED) is 0.765. The van der Waals surface area contributed by atoms with Crippen molar-refractivity contribution in [1.29, 1.82) is 0 Å². The number of aromatic nitrogens is 1. The van der Waals surface area contributed by atoms with Crippen LogP contribution in [0.3, 0.4) is 0 Å². The third-order valence-corrected chi connectivity index (χ3v) is 7.99. The Hall–Kier alpha value is -1.18. The zero-order valence-corrected chi connectivity index (χ0v) is 18.6. The van der Waals surface area contributed by atoms with Crippen LogP contribution in [-0.4, -0.2) is 38.0 Å².